The van der Waals surface area contributed by atoms with E-state index >= 15 is 0 Å². The molecule has 1 aromatic carbocycles. The van der Waals surface area contributed by atoms with Crippen molar-refractivity contribution in [2.24, 2.45) is 4.99 Å². The molecular formula is C19H29IN6O. The molecule has 1 heterocycles. The zero-order valence-electron chi connectivity index (χ0n) is 16.3. The van der Waals surface area contributed by atoms with Gasteiger partial charge >= 0.3 is 0 Å². The maximum atomic E-state index is 11.9. The van der Waals surface area contributed by atoms with E-state index in [2.05, 4.69) is 26.0 Å². The van der Waals surface area contributed by atoms with Crippen LogP contribution in [0.3, 0.4) is 0 Å². The van der Waals surface area contributed by atoms with E-state index in [0.29, 0.717) is 12.5 Å². The smallest absolute Gasteiger partial charge is 0.239 e. The monoisotopic (exact) mass is 484 g/mol. The molecule has 0 fully saturated rings. The molecule has 1 amide bonds. The number of carbonyl (C=O) groups excluding carboxylic acids is 1. The lowest BCUT2D eigenvalue weighted by Gasteiger charge is -2.21. The Morgan fingerprint density at radius 1 is 1.19 bits per heavy atom. The van der Waals surface area contributed by atoms with Crippen LogP contribution in [0.5, 0.6) is 0 Å². The largest absolute Gasteiger partial charge is 0.357 e. The lowest BCUT2D eigenvalue weighted by molar-refractivity contribution is -0.121. The van der Waals surface area contributed by atoms with Crippen LogP contribution in [0.15, 0.2) is 47.7 Å². The third-order valence-corrected chi connectivity index (χ3v) is 3.40. The van der Waals surface area contributed by atoms with Crippen molar-refractivity contribution in [3.63, 3.8) is 0 Å². The summed E-state index contributed by atoms with van der Waals surface area (Å²) in [6.45, 7) is 9.29. The number of carbonyl (C=O) groups is 1. The summed E-state index contributed by atoms with van der Waals surface area (Å²) in [5, 5.41) is 13.3. The Hall–Kier alpha value is -2.10. The molecule has 8 heteroatoms. The van der Waals surface area contributed by atoms with Gasteiger partial charge in [0.1, 0.15) is 0 Å². The fourth-order valence-electron chi connectivity index (χ4n) is 2.31. The fourth-order valence-corrected chi connectivity index (χ4v) is 2.31. The topological polar surface area (TPSA) is 83.3 Å². The van der Waals surface area contributed by atoms with Gasteiger partial charge in [0.15, 0.2) is 5.96 Å². The van der Waals surface area contributed by atoms with Crippen molar-refractivity contribution < 1.29 is 4.79 Å². The third-order valence-electron chi connectivity index (χ3n) is 3.40. The van der Waals surface area contributed by atoms with E-state index in [1.165, 1.54) is 0 Å². The van der Waals surface area contributed by atoms with Gasteiger partial charge in [-0.25, -0.2) is 9.67 Å². The van der Waals surface area contributed by atoms with Crippen LogP contribution in [-0.4, -0.2) is 40.3 Å². The van der Waals surface area contributed by atoms with Crippen LogP contribution in [0.1, 0.15) is 33.3 Å². The summed E-state index contributed by atoms with van der Waals surface area (Å²) in [7, 11) is 0. The van der Waals surface area contributed by atoms with Gasteiger partial charge in [0.2, 0.25) is 5.91 Å². The Morgan fingerprint density at radius 2 is 1.89 bits per heavy atom. The predicted molar refractivity (Wildman–Crippen MR) is 120 cm³/mol. The molecule has 3 N–H and O–H groups in total. The van der Waals surface area contributed by atoms with Gasteiger partial charge in [-0.2, -0.15) is 5.10 Å². The van der Waals surface area contributed by atoms with Crippen molar-refractivity contribution in [1.82, 2.24) is 25.7 Å². The molecule has 148 valence electrons. The molecule has 0 aliphatic rings. The van der Waals surface area contributed by atoms with Gasteiger partial charge in [-0.3, -0.25) is 4.79 Å². The highest BCUT2D eigenvalue weighted by atomic mass is 127. The Bertz CT molecular complexity index is 720. The van der Waals surface area contributed by atoms with E-state index in [1.807, 2.05) is 68.9 Å². The number of hydrogen-bond donors (Lipinski definition) is 3. The molecule has 1 aromatic heterocycles. The minimum absolute atomic E-state index is 0. The number of aromatic nitrogens is 2. The zero-order valence-corrected chi connectivity index (χ0v) is 18.7. The Labute approximate surface area is 178 Å². The van der Waals surface area contributed by atoms with Crippen LogP contribution in [0.2, 0.25) is 0 Å². The molecule has 0 aliphatic heterocycles. The summed E-state index contributed by atoms with van der Waals surface area (Å²) in [4.78, 5) is 16.5. The summed E-state index contributed by atoms with van der Waals surface area (Å²) in [6, 6.07) is 9.96. The minimum atomic E-state index is -0.245. The number of nitrogens with one attached hydrogen (secondary N) is 3. The molecule has 7 nitrogen and oxygen atoms in total. The third kappa shape index (κ3) is 8.42. The van der Waals surface area contributed by atoms with Gasteiger partial charge < -0.3 is 16.0 Å². The van der Waals surface area contributed by atoms with Crippen molar-refractivity contribution >= 4 is 35.8 Å². The van der Waals surface area contributed by atoms with Crippen LogP contribution in [0.25, 0.3) is 5.69 Å². The Balaban J connectivity index is 0.00000364. The zero-order chi connectivity index (χ0) is 19.0. The maximum Gasteiger partial charge on any atom is 0.239 e. The molecular weight excluding hydrogens is 455 g/mol. The van der Waals surface area contributed by atoms with Gasteiger partial charge in [-0.15, -0.1) is 24.0 Å². The second-order valence-electron chi connectivity index (χ2n) is 6.96. The van der Waals surface area contributed by atoms with Crippen LogP contribution in [-0.2, 0) is 11.3 Å². The highest BCUT2D eigenvalue weighted by Crippen LogP contribution is 2.09. The predicted octanol–water partition coefficient (Wildman–Crippen LogP) is 2.46. The van der Waals surface area contributed by atoms with E-state index in [1.54, 1.807) is 6.20 Å². The molecule has 0 radical (unpaired) electrons. The molecule has 27 heavy (non-hydrogen) atoms. The maximum absolute atomic E-state index is 11.9. The average molecular weight is 484 g/mol. The average Bonchev–Trinajstić information content (AvgIpc) is 3.11. The van der Waals surface area contributed by atoms with Gasteiger partial charge in [0.05, 0.1) is 18.8 Å². The summed E-state index contributed by atoms with van der Waals surface area (Å²) in [6.07, 6.45) is 3.66. The fraction of sp³-hybridized carbons (Fsp3) is 0.421. The van der Waals surface area contributed by atoms with Gasteiger partial charge in [-0.05, 0) is 51.5 Å². The number of halogens is 1. The van der Waals surface area contributed by atoms with E-state index in [-0.39, 0.29) is 42.0 Å². The molecule has 0 aliphatic carbocycles. The van der Waals surface area contributed by atoms with Crippen LogP contribution < -0.4 is 16.0 Å². The molecule has 0 bridgehead atoms. The van der Waals surface area contributed by atoms with Crippen molar-refractivity contribution in [1.29, 1.82) is 0 Å². The van der Waals surface area contributed by atoms with E-state index in [0.717, 1.165) is 17.8 Å². The first-order valence-corrected chi connectivity index (χ1v) is 8.79. The summed E-state index contributed by atoms with van der Waals surface area (Å²) < 4.78 is 1.81. The number of nitrogens with zero attached hydrogens (tertiary/aromatic N) is 3. The molecule has 0 unspecified atom stereocenters. The number of amides is 1. The van der Waals surface area contributed by atoms with Crippen molar-refractivity contribution in [3.8, 4) is 5.69 Å². The summed E-state index contributed by atoms with van der Waals surface area (Å²) >= 11 is 0. The molecule has 0 spiro atoms. The first-order valence-electron chi connectivity index (χ1n) is 8.79. The first kappa shape index (κ1) is 22.9. The molecule has 2 aromatic rings. The quantitative estimate of drug-likeness (QED) is 0.334. The van der Waals surface area contributed by atoms with Gasteiger partial charge in [0.25, 0.3) is 0 Å². The Kier molecular flexibility index (Phi) is 9.27. The van der Waals surface area contributed by atoms with Crippen molar-refractivity contribution in [3.05, 3.63) is 48.3 Å². The minimum Gasteiger partial charge on any atom is -0.357 e. The standard InChI is InChI=1S/C19H28N6O.HI/c1-5-20-18(22-14-17(26)24-19(2,3)4)21-13-15-7-9-16(10-8-15)25-12-6-11-23-25;/h6-12H,5,13-14H2,1-4H3,(H,24,26)(H2,20,21,22);1H. The van der Waals surface area contributed by atoms with Crippen molar-refractivity contribution in [2.45, 2.75) is 39.8 Å². The second kappa shape index (κ2) is 10.9. The van der Waals surface area contributed by atoms with E-state index < -0.39 is 0 Å². The number of aliphatic imine (C=N–C) groups is 1. The molecule has 0 atom stereocenters. The van der Waals surface area contributed by atoms with Gasteiger partial charge in [-0.1, -0.05) is 12.1 Å². The van der Waals surface area contributed by atoms with Crippen LogP contribution in [0.4, 0.5) is 0 Å². The lowest BCUT2D eigenvalue weighted by atomic mass is 10.1. The molecule has 2 rings (SSSR count). The Morgan fingerprint density at radius 3 is 2.44 bits per heavy atom. The SMILES string of the molecule is CCNC(=NCc1ccc(-n2cccn2)cc1)NCC(=O)NC(C)(C)C.I. The first-order chi connectivity index (χ1) is 12.4. The number of guanidine groups is 1. The number of hydrogen-bond acceptors (Lipinski definition) is 3. The second-order valence-corrected chi connectivity index (χ2v) is 6.96. The highest BCUT2D eigenvalue weighted by molar-refractivity contribution is 14.0. The molecule has 0 saturated heterocycles. The van der Waals surface area contributed by atoms with Crippen LogP contribution in [0, 0.1) is 0 Å². The molecule has 0 saturated carbocycles. The van der Waals surface area contributed by atoms with Crippen molar-refractivity contribution in [2.75, 3.05) is 13.1 Å². The summed E-state index contributed by atoms with van der Waals surface area (Å²) in [5.41, 5.74) is 1.84. The highest BCUT2D eigenvalue weighted by Gasteiger charge is 2.13. The normalized spacial score (nSPS) is 11.5. The van der Waals surface area contributed by atoms with Crippen LogP contribution >= 0.6 is 24.0 Å². The summed E-state index contributed by atoms with van der Waals surface area (Å²) in [5.74, 6) is 0.555. The number of benzene rings is 1. The van der Waals surface area contributed by atoms with Gasteiger partial charge in [0, 0.05) is 24.5 Å². The van der Waals surface area contributed by atoms with E-state index in [4.69, 9.17) is 0 Å². The lowest BCUT2D eigenvalue weighted by Crippen LogP contribution is -2.48. The number of rotatable bonds is 6. The van der Waals surface area contributed by atoms with E-state index in [9.17, 15) is 4.79 Å².